The summed E-state index contributed by atoms with van der Waals surface area (Å²) in [6.07, 6.45) is 2.15. The fraction of sp³-hybridized carbons (Fsp3) is 0.400. The fourth-order valence-electron chi connectivity index (χ4n) is 4.22. The van der Waals surface area contributed by atoms with Crippen molar-refractivity contribution >= 4 is 11.0 Å². The molecular weight excluding hydrogens is 326 g/mol. The summed E-state index contributed by atoms with van der Waals surface area (Å²) >= 11 is 0. The summed E-state index contributed by atoms with van der Waals surface area (Å²) in [5, 5.41) is 19.6. The van der Waals surface area contributed by atoms with E-state index in [1.807, 2.05) is 30.3 Å². The lowest BCUT2D eigenvalue weighted by atomic mass is 9.77. The third kappa shape index (κ3) is 2.80. The topological polar surface area (TPSA) is 68.3 Å². The van der Waals surface area contributed by atoms with Crippen LogP contribution in [-0.2, 0) is 12.1 Å². The second-order valence-corrected chi connectivity index (χ2v) is 7.26. The largest absolute Gasteiger partial charge is 0.389 e. The van der Waals surface area contributed by atoms with E-state index in [-0.39, 0.29) is 5.54 Å². The van der Waals surface area contributed by atoms with Crippen LogP contribution in [0.15, 0.2) is 48.7 Å². The SMILES string of the molecule is CN(C)[C@]1(c2ccccc2)CCN(Cc2[nH]nc3ncccc23)C[C@H]1O. The number of β-amino-alcohol motifs (C(OH)–C–C–N with tert-alkyl or cyclic N) is 1. The predicted molar refractivity (Wildman–Crippen MR) is 102 cm³/mol. The minimum atomic E-state index is -0.471. The number of aliphatic hydroxyl groups excluding tert-OH is 1. The van der Waals surface area contributed by atoms with Gasteiger partial charge in [0, 0.05) is 31.2 Å². The molecule has 3 heterocycles. The highest BCUT2D eigenvalue weighted by molar-refractivity contribution is 5.77. The molecule has 3 aromatic rings. The highest BCUT2D eigenvalue weighted by atomic mass is 16.3. The molecule has 26 heavy (non-hydrogen) atoms. The Hall–Kier alpha value is -2.28. The fourth-order valence-corrected chi connectivity index (χ4v) is 4.22. The van der Waals surface area contributed by atoms with Crippen molar-refractivity contribution in [2.24, 2.45) is 0 Å². The number of hydrogen-bond acceptors (Lipinski definition) is 5. The monoisotopic (exact) mass is 351 g/mol. The predicted octanol–water partition coefficient (Wildman–Crippen LogP) is 1.98. The molecule has 1 aromatic carbocycles. The van der Waals surface area contributed by atoms with Gasteiger partial charge in [0.2, 0.25) is 0 Å². The second kappa shape index (κ2) is 6.79. The van der Waals surface area contributed by atoms with Crippen molar-refractivity contribution in [1.82, 2.24) is 25.0 Å². The zero-order valence-corrected chi connectivity index (χ0v) is 15.3. The van der Waals surface area contributed by atoms with Crippen molar-refractivity contribution < 1.29 is 5.11 Å². The van der Waals surface area contributed by atoms with E-state index in [4.69, 9.17) is 0 Å². The van der Waals surface area contributed by atoms with E-state index >= 15 is 0 Å². The number of aromatic amines is 1. The van der Waals surface area contributed by atoms with Gasteiger partial charge in [0.15, 0.2) is 5.65 Å². The first-order valence-electron chi connectivity index (χ1n) is 9.02. The van der Waals surface area contributed by atoms with E-state index in [2.05, 4.69) is 51.2 Å². The first kappa shape index (κ1) is 17.1. The molecular formula is C20H25N5O. The van der Waals surface area contributed by atoms with Crippen molar-refractivity contribution in [1.29, 1.82) is 0 Å². The molecule has 0 radical (unpaired) electrons. The van der Waals surface area contributed by atoms with Gasteiger partial charge in [-0.05, 0) is 38.2 Å². The molecule has 0 unspecified atom stereocenters. The van der Waals surface area contributed by atoms with E-state index in [0.717, 1.165) is 36.2 Å². The molecule has 136 valence electrons. The number of H-pyrrole nitrogens is 1. The number of nitrogens with zero attached hydrogens (tertiary/aromatic N) is 4. The van der Waals surface area contributed by atoms with Crippen LogP contribution in [0.3, 0.4) is 0 Å². The summed E-state index contributed by atoms with van der Waals surface area (Å²) in [6.45, 7) is 2.26. The molecule has 0 bridgehead atoms. The number of fused-ring (bicyclic) bond motifs is 1. The van der Waals surface area contributed by atoms with Crippen molar-refractivity contribution in [3.05, 3.63) is 59.9 Å². The first-order chi connectivity index (χ1) is 12.6. The molecule has 6 nitrogen and oxygen atoms in total. The average molecular weight is 351 g/mol. The summed E-state index contributed by atoms with van der Waals surface area (Å²) in [6, 6.07) is 14.3. The quantitative estimate of drug-likeness (QED) is 0.752. The Labute approximate surface area is 153 Å². The van der Waals surface area contributed by atoms with E-state index in [1.54, 1.807) is 6.20 Å². The van der Waals surface area contributed by atoms with Gasteiger partial charge < -0.3 is 5.11 Å². The third-order valence-electron chi connectivity index (χ3n) is 5.65. The van der Waals surface area contributed by atoms with Crippen LogP contribution in [-0.4, -0.2) is 63.4 Å². The van der Waals surface area contributed by atoms with Crippen LogP contribution in [0.2, 0.25) is 0 Å². The maximum atomic E-state index is 11.1. The van der Waals surface area contributed by atoms with Crippen molar-refractivity contribution in [3.63, 3.8) is 0 Å². The molecule has 2 aromatic heterocycles. The molecule has 2 N–H and O–H groups in total. The van der Waals surface area contributed by atoms with Gasteiger partial charge in [-0.25, -0.2) is 4.98 Å². The van der Waals surface area contributed by atoms with E-state index in [9.17, 15) is 5.11 Å². The maximum absolute atomic E-state index is 11.1. The Morgan fingerprint density at radius 3 is 2.77 bits per heavy atom. The van der Waals surface area contributed by atoms with Gasteiger partial charge in [0.05, 0.1) is 17.3 Å². The lowest BCUT2D eigenvalue weighted by Crippen LogP contribution is -2.59. The van der Waals surface area contributed by atoms with Gasteiger partial charge in [0.1, 0.15) is 0 Å². The Balaban J connectivity index is 1.56. The average Bonchev–Trinajstić information content (AvgIpc) is 3.06. The Bertz CT molecular complexity index is 878. The highest BCUT2D eigenvalue weighted by Crippen LogP contribution is 2.38. The van der Waals surface area contributed by atoms with Gasteiger partial charge in [-0.2, -0.15) is 5.10 Å². The van der Waals surface area contributed by atoms with Gasteiger partial charge in [0.25, 0.3) is 0 Å². The normalized spacial score (nSPS) is 24.4. The number of benzene rings is 1. The summed E-state index contributed by atoms with van der Waals surface area (Å²) < 4.78 is 0. The Kier molecular flexibility index (Phi) is 4.48. The molecule has 2 atom stereocenters. The molecule has 1 saturated heterocycles. The van der Waals surface area contributed by atoms with Crippen LogP contribution >= 0.6 is 0 Å². The Morgan fingerprint density at radius 2 is 2.04 bits per heavy atom. The van der Waals surface area contributed by atoms with E-state index < -0.39 is 6.10 Å². The number of piperidine rings is 1. The second-order valence-electron chi connectivity index (χ2n) is 7.26. The molecule has 1 fully saturated rings. The van der Waals surface area contributed by atoms with Gasteiger partial charge in [-0.15, -0.1) is 0 Å². The lowest BCUT2D eigenvalue weighted by Gasteiger charge is -2.49. The van der Waals surface area contributed by atoms with Crippen LogP contribution in [0, 0.1) is 0 Å². The minimum Gasteiger partial charge on any atom is -0.389 e. The van der Waals surface area contributed by atoms with Gasteiger partial charge in [-0.3, -0.25) is 14.9 Å². The first-order valence-corrected chi connectivity index (χ1v) is 9.02. The smallest absolute Gasteiger partial charge is 0.181 e. The molecule has 0 aliphatic carbocycles. The number of aliphatic hydroxyl groups is 1. The lowest BCUT2D eigenvalue weighted by molar-refractivity contribution is -0.0704. The zero-order chi connectivity index (χ0) is 18.1. The van der Waals surface area contributed by atoms with Crippen LogP contribution in [0.1, 0.15) is 17.7 Å². The van der Waals surface area contributed by atoms with Gasteiger partial charge in [-0.1, -0.05) is 30.3 Å². The van der Waals surface area contributed by atoms with Crippen LogP contribution in [0.4, 0.5) is 0 Å². The number of likely N-dealkylation sites (tertiary alicyclic amines) is 1. The summed E-state index contributed by atoms with van der Waals surface area (Å²) in [4.78, 5) is 8.73. The molecule has 1 aliphatic heterocycles. The zero-order valence-electron chi connectivity index (χ0n) is 15.3. The van der Waals surface area contributed by atoms with Crippen LogP contribution in [0.25, 0.3) is 11.0 Å². The summed E-state index contributed by atoms with van der Waals surface area (Å²) in [7, 11) is 4.11. The molecule has 1 aliphatic rings. The number of hydrogen-bond donors (Lipinski definition) is 2. The summed E-state index contributed by atoms with van der Waals surface area (Å²) in [5.74, 6) is 0. The number of rotatable bonds is 4. The van der Waals surface area contributed by atoms with Crippen molar-refractivity contribution in [2.75, 3.05) is 27.2 Å². The Morgan fingerprint density at radius 1 is 1.23 bits per heavy atom. The van der Waals surface area contributed by atoms with Crippen molar-refractivity contribution in [2.45, 2.75) is 24.6 Å². The number of aromatic nitrogens is 3. The molecule has 0 amide bonds. The highest BCUT2D eigenvalue weighted by Gasteiger charge is 2.45. The van der Waals surface area contributed by atoms with E-state index in [1.165, 1.54) is 5.56 Å². The number of pyridine rings is 1. The van der Waals surface area contributed by atoms with Crippen LogP contribution < -0.4 is 0 Å². The standard InChI is InChI=1S/C20H25N5O/c1-24(2)20(15-7-4-3-5-8-15)10-12-25(14-18(20)26)13-17-16-9-6-11-21-19(16)23-22-17/h3-9,11,18,26H,10,12-14H2,1-2H3,(H,21,22,23)/t18-,20+/m1/s1. The minimum absolute atomic E-state index is 0.352. The molecule has 0 saturated carbocycles. The molecule has 4 rings (SSSR count). The number of likely N-dealkylation sites (N-methyl/N-ethyl adjacent to an activating group) is 1. The molecule has 0 spiro atoms. The van der Waals surface area contributed by atoms with Crippen LogP contribution in [0.5, 0.6) is 0 Å². The van der Waals surface area contributed by atoms with Gasteiger partial charge >= 0.3 is 0 Å². The van der Waals surface area contributed by atoms with E-state index in [0.29, 0.717) is 6.54 Å². The molecule has 6 heteroatoms. The van der Waals surface area contributed by atoms with Crippen molar-refractivity contribution in [3.8, 4) is 0 Å². The maximum Gasteiger partial charge on any atom is 0.181 e. The summed E-state index contributed by atoms with van der Waals surface area (Å²) in [5.41, 5.74) is 2.62. The third-order valence-corrected chi connectivity index (χ3v) is 5.65. The number of nitrogens with one attached hydrogen (secondary N) is 1.